The van der Waals surface area contributed by atoms with E-state index >= 15 is 0 Å². The van der Waals surface area contributed by atoms with Gasteiger partial charge in [-0.25, -0.2) is 0 Å². The van der Waals surface area contributed by atoms with E-state index in [9.17, 15) is 0 Å². The number of rotatable bonds is 1. The van der Waals surface area contributed by atoms with Gasteiger partial charge in [0.05, 0.1) is 11.4 Å². The smallest absolute Gasteiger partial charge is 0.0547 e. The second-order valence-electron chi connectivity index (χ2n) is 5.74. The second-order valence-corrected chi connectivity index (χ2v) is 5.74. The lowest BCUT2D eigenvalue weighted by molar-refractivity contribution is 0.198. The van der Waals surface area contributed by atoms with Crippen molar-refractivity contribution in [1.29, 1.82) is 0 Å². The normalized spacial score (nSPS) is 15.9. The third kappa shape index (κ3) is 3.05. The summed E-state index contributed by atoms with van der Waals surface area (Å²) in [4.78, 5) is 12.0. The van der Waals surface area contributed by atoms with Crippen molar-refractivity contribution in [2.24, 2.45) is 0 Å². The molecule has 0 spiro atoms. The Kier molecular flexibility index (Phi) is 3.79. The summed E-state index contributed by atoms with van der Waals surface area (Å²) in [5.74, 6) is 0. The maximum atomic E-state index is 4.78. The summed E-state index contributed by atoms with van der Waals surface area (Å²) in [6.07, 6.45) is 1.93. The number of aromatic nitrogens is 2. The van der Waals surface area contributed by atoms with Gasteiger partial charge in [0.1, 0.15) is 0 Å². The highest BCUT2D eigenvalue weighted by Gasteiger charge is 2.14. The number of pyridine rings is 2. The van der Waals surface area contributed by atoms with Crippen molar-refractivity contribution in [2.45, 2.75) is 45.8 Å². The summed E-state index contributed by atoms with van der Waals surface area (Å²) in [5, 5.41) is 0. The Morgan fingerprint density at radius 1 is 0.800 bits per heavy atom. The fourth-order valence-corrected chi connectivity index (χ4v) is 2.61. The Morgan fingerprint density at radius 3 is 1.70 bits per heavy atom. The molecule has 3 heterocycles. The summed E-state index contributed by atoms with van der Waals surface area (Å²) >= 11 is 0. The molecule has 0 fully saturated rings. The fraction of sp³-hybridized carbons (Fsp3) is 0.412. The van der Waals surface area contributed by atoms with Gasteiger partial charge in [-0.15, -0.1) is 0 Å². The Morgan fingerprint density at radius 2 is 1.25 bits per heavy atom. The molecule has 104 valence electrons. The van der Waals surface area contributed by atoms with E-state index in [1.165, 1.54) is 11.4 Å². The molecular formula is C17H21N3. The lowest BCUT2D eigenvalue weighted by Crippen LogP contribution is -2.30. The van der Waals surface area contributed by atoms with Crippen LogP contribution in [0.3, 0.4) is 0 Å². The molecule has 0 aliphatic carbocycles. The first-order valence-corrected chi connectivity index (χ1v) is 7.34. The zero-order valence-electron chi connectivity index (χ0n) is 12.2. The zero-order valence-corrected chi connectivity index (χ0v) is 12.2. The summed E-state index contributed by atoms with van der Waals surface area (Å²) in [7, 11) is 0. The lowest BCUT2D eigenvalue weighted by atomic mass is 10.1. The minimum absolute atomic E-state index is 0.478. The maximum absolute atomic E-state index is 4.78. The highest BCUT2D eigenvalue weighted by atomic mass is 15.2. The van der Waals surface area contributed by atoms with Crippen LogP contribution in [0.5, 0.6) is 0 Å². The van der Waals surface area contributed by atoms with Crippen LogP contribution in [-0.2, 0) is 25.9 Å². The van der Waals surface area contributed by atoms with Crippen molar-refractivity contribution in [2.75, 3.05) is 0 Å². The van der Waals surface area contributed by atoms with Gasteiger partial charge >= 0.3 is 0 Å². The van der Waals surface area contributed by atoms with Crippen LogP contribution in [0, 0.1) is 0 Å². The van der Waals surface area contributed by atoms with Crippen LogP contribution >= 0.6 is 0 Å². The second kappa shape index (κ2) is 5.71. The highest BCUT2D eigenvalue weighted by Crippen LogP contribution is 2.14. The van der Waals surface area contributed by atoms with Crippen LogP contribution in [0.2, 0.25) is 0 Å². The minimum Gasteiger partial charge on any atom is -0.289 e. The summed E-state index contributed by atoms with van der Waals surface area (Å²) < 4.78 is 0. The molecule has 1 aliphatic heterocycles. The van der Waals surface area contributed by atoms with Crippen LogP contribution < -0.4 is 0 Å². The van der Waals surface area contributed by atoms with Crippen molar-refractivity contribution >= 4 is 0 Å². The number of hydrogen-bond acceptors (Lipinski definition) is 3. The average Bonchev–Trinajstić information content (AvgIpc) is 2.46. The molecule has 0 aromatic carbocycles. The molecule has 0 saturated carbocycles. The Labute approximate surface area is 120 Å². The summed E-state index contributed by atoms with van der Waals surface area (Å²) in [6.45, 7) is 6.23. The first kappa shape index (κ1) is 13.3. The van der Waals surface area contributed by atoms with Crippen molar-refractivity contribution in [3.63, 3.8) is 0 Å². The Bertz CT molecular complexity index is 543. The van der Waals surface area contributed by atoms with E-state index in [2.05, 4.69) is 55.1 Å². The molecule has 0 unspecified atom stereocenters. The molecule has 0 atom stereocenters. The van der Waals surface area contributed by atoms with Gasteiger partial charge in [-0.05, 0) is 51.0 Å². The topological polar surface area (TPSA) is 29.0 Å². The van der Waals surface area contributed by atoms with Crippen LogP contribution in [0.4, 0.5) is 0 Å². The van der Waals surface area contributed by atoms with Gasteiger partial charge in [-0.3, -0.25) is 14.9 Å². The van der Waals surface area contributed by atoms with E-state index in [1.807, 2.05) is 0 Å². The molecule has 3 nitrogen and oxygen atoms in total. The number of aryl methyl sites for hydroxylation is 2. The summed E-state index contributed by atoms with van der Waals surface area (Å²) in [6, 6.07) is 13.2. The predicted molar refractivity (Wildman–Crippen MR) is 80.3 cm³/mol. The summed E-state index contributed by atoms with van der Waals surface area (Å²) in [5.41, 5.74) is 4.65. The van der Waals surface area contributed by atoms with Crippen LogP contribution in [0.25, 0.3) is 0 Å². The first-order valence-electron chi connectivity index (χ1n) is 7.34. The molecule has 0 amide bonds. The third-order valence-electron chi connectivity index (χ3n) is 3.83. The molecule has 3 heteroatoms. The Balaban J connectivity index is 1.98. The van der Waals surface area contributed by atoms with Gasteiger partial charge in [0.25, 0.3) is 0 Å². The quantitative estimate of drug-likeness (QED) is 0.795. The van der Waals surface area contributed by atoms with E-state index in [-0.39, 0.29) is 0 Å². The van der Waals surface area contributed by atoms with Crippen LogP contribution in [-0.4, -0.2) is 20.9 Å². The average molecular weight is 267 g/mol. The van der Waals surface area contributed by atoms with Gasteiger partial charge in [-0.1, -0.05) is 12.1 Å². The number of fused-ring (bicyclic) bond motifs is 4. The molecule has 2 aromatic heterocycles. The van der Waals surface area contributed by atoms with Crippen LogP contribution in [0.15, 0.2) is 36.4 Å². The third-order valence-corrected chi connectivity index (χ3v) is 3.83. The highest BCUT2D eigenvalue weighted by molar-refractivity contribution is 5.17. The van der Waals surface area contributed by atoms with Gasteiger partial charge in [0.2, 0.25) is 0 Å². The molecule has 20 heavy (non-hydrogen) atoms. The van der Waals surface area contributed by atoms with Crippen molar-refractivity contribution in [1.82, 2.24) is 14.9 Å². The molecule has 2 aromatic rings. The molecule has 0 radical (unpaired) electrons. The molecule has 3 rings (SSSR count). The molecule has 0 N–H and O–H groups in total. The molecule has 1 aliphatic rings. The van der Waals surface area contributed by atoms with Gasteiger partial charge in [-0.2, -0.15) is 0 Å². The van der Waals surface area contributed by atoms with Gasteiger partial charge < -0.3 is 0 Å². The van der Waals surface area contributed by atoms with Gasteiger partial charge in [0, 0.05) is 30.5 Å². The minimum atomic E-state index is 0.478. The van der Waals surface area contributed by atoms with E-state index in [0.717, 1.165) is 37.3 Å². The maximum Gasteiger partial charge on any atom is 0.0547 e. The number of hydrogen-bond donors (Lipinski definition) is 0. The Hall–Kier alpha value is -1.74. The molecular weight excluding hydrogens is 246 g/mol. The van der Waals surface area contributed by atoms with Crippen molar-refractivity contribution < 1.29 is 0 Å². The zero-order chi connectivity index (χ0) is 13.9. The van der Waals surface area contributed by atoms with E-state index in [0.29, 0.717) is 6.04 Å². The van der Waals surface area contributed by atoms with E-state index < -0.39 is 0 Å². The molecule has 4 bridgehead atoms. The monoisotopic (exact) mass is 267 g/mol. The van der Waals surface area contributed by atoms with E-state index in [1.54, 1.807) is 0 Å². The first-order chi connectivity index (χ1) is 9.70. The van der Waals surface area contributed by atoms with E-state index in [4.69, 9.17) is 9.97 Å². The van der Waals surface area contributed by atoms with Crippen molar-refractivity contribution in [3.8, 4) is 0 Å². The lowest BCUT2D eigenvalue weighted by Gasteiger charge is -2.25. The standard InChI is InChI=1S/C17H21N3/c1-13(2)20-11-16-7-3-5-14(18-16)9-10-15-6-4-8-17(12-20)19-15/h3-8,13H,9-12H2,1-2H3. The number of nitrogens with zero attached hydrogens (tertiary/aromatic N) is 3. The fourth-order valence-electron chi connectivity index (χ4n) is 2.61. The van der Waals surface area contributed by atoms with Crippen molar-refractivity contribution in [3.05, 3.63) is 59.2 Å². The molecule has 0 saturated heterocycles. The van der Waals surface area contributed by atoms with Crippen LogP contribution in [0.1, 0.15) is 36.6 Å². The van der Waals surface area contributed by atoms with Gasteiger partial charge in [0.15, 0.2) is 0 Å². The SMILES string of the molecule is CC(C)N1Cc2cccc(n2)CCc2cccc(n2)C1. The largest absolute Gasteiger partial charge is 0.289 e. The predicted octanol–water partition coefficient (Wildman–Crippen LogP) is 2.99.